The minimum absolute atomic E-state index is 0.0878. The van der Waals surface area contributed by atoms with Crippen LogP contribution in [0.25, 0.3) is 5.82 Å². The molecule has 2 heterocycles. The molecule has 0 spiro atoms. The number of amides is 1. The molecule has 0 fully saturated rings. The Labute approximate surface area is 192 Å². The lowest BCUT2D eigenvalue weighted by Crippen LogP contribution is -2.24. The molecule has 0 saturated heterocycles. The lowest BCUT2D eigenvalue weighted by atomic mass is 10.1. The van der Waals surface area contributed by atoms with Crippen LogP contribution >= 0.6 is 0 Å². The average Bonchev–Trinajstić information content (AvgIpc) is 3.28. The molecule has 0 aliphatic carbocycles. The number of aromatic nitrogens is 3. The van der Waals surface area contributed by atoms with Gasteiger partial charge in [0.2, 0.25) is 0 Å². The Morgan fingerprint density at radius 1 is 1.06 bits per heavy atom. The molecule has 4 aromatic rings. The molecule has 1 amide bonds. The Kier molecular flexibility index (Phi) is 6.78. The average molecular weight is 445 g/mol. The van der Waals surface area contributed by atoms with Crippen molar-refractivity contribution >= 4 is 5.91 Å². The molecule has 2 aromatic carbocycles. The van der Waals surface area contributed by atoms with E-state index >= 15 is 0 Å². The van der Waals surface area contributed by atoms with Crippen LogP contribution in [0.4, 0.5) is 4.39 Å². The molecule has 0 bridgehead atoms. The van der Waals surface area contributed by atoms with E-state index in [2.05, 4.69) is 15.4 Å². The van der Waals surface area contributed by atoms with Gasteiger partial charge >= 0.3 is 0 Å². The Balaban J connectivity index is 1.38. The number of hydrogen-bond donors (Lipinski definition) is 1. The Hall–Kier alpha value is -4.00. The number of rotatable bonds is 8. The van der Waals surface area contributed by atoms with E-state index < -0.39 is 0 Å². The van der Waals surface area contributed by atoms with E-state index in [0.717, 1.165) is 16.8 Å². The Morgan fingerprint density at radius 3 is 2.58 bits per heavy atom. The van der Waals surface area contributed by atoms with Gasteiger partial charge in [-0.25, -0.2) is 14.1 Å². The van der Waals surface area contributed by atoms with E-state index in [4.69, 9.17) is 4.74 Å². The van der Waals surface area contributed by atoms with E-state index in [1.807, 2.05) is 62.4 Å². The first-order valence-electron chi connectivity index (χ1n) is 10.7. The van der Waals surface area contributed by atoms with Gasteiger partial charge in [-0.05, 0) is 53.4 Å². The topological polar surface area (TPSA) is 69.0 Å². The van der Waals surface area contributed by atoms with Crippen molar-refractivity contribution in [3.8, 4) is 11.6 Å². The summed E-state index contributed by atoms with van der Waals surface area (Å²) in [7, 11) is 0. The number of carbonyl (C=O) groups is 1. The monoisotopic (exact) mass is 444 g/mol. The zero-order chi connectivity index (χ0) is 23.2. The lowest BCUT2D eigenvalue weighted by Gasteiger charge is -2.12. The van der Waals surface area contributed by atoms with Crippen LogP contribution in [0.1, 0.15) is 46.9 Å². The normalized spacial score (nSPS) is 10.9. The third kappa shape index (κ3) is 5.44. The number of benzene rings is 2. The summed E-state index contributed by atoms with van der Waals surface area (Å²) < 4.78 is 20.7. The van der Waals surface area contributed by atoms with Crippen LogP contribution in [-0.4, -0.2) is 20.7 Å². The molecule has 168 valence electrons. The van der Waals surface area contributed by atoms with Crippen LogP contribution in [-0.2, 0) is 13.2 Å². The molecular formula is C26H25FN4O2. The van der Waals surface area contributed by atoms with E-state index in [1.165, 1.54) is 12.1 Å². The lowest BCUT2D eigenvalue weighted by molar-refractivity contribution is 0.0949. The van der Waals surface area contributed by atoms with Gasteiger partial charge in [-0.3, -0.25) is 4.79 Å². The third-order valence-corrected chi connectivity index (χ3v) is 5.14. The molecule has 1 N–H and O–H groups in total. The molecular weight excluding hydrogens is 419 g/mol. The number of halogens is 1. The zero-order valence-corrected chi connectivity index (χ0v) is 18.5. The highest BCUT2D eigenvalue weighted by atomic mass is 19.1. The van der Waals surface area contributed by atoms with Crippen molar-refractivity contribution < 1.29 is 13.9 Å². The first-order valence-corrected chi connectivity index (χ1v) is 10.7. The van der Waals surface area contributed by atoms with Crippen molar-refractivity contribution in [2.75, 3.05) is 0 Å². The van der Waals surface area contributed by atoms with Crippen molar-refractivity contribution in [3.63, 3.8) is 0 Å². The van der Waals surface area contributed by atoms with E-state index in [0.29, 0.717) is 23.7 Å². The summed E-state index contributed by atoms with van der Waals surface area (Å²) in [5, 5.41) is 7.36. The predicted octanol–water partition coefficient (Wildman–Crippen LogP) is 5.04. The van der Waals surface area contributed by atoms with E-state index in [-0.39, 0.29) is 24.2 Å². The maximum atomic E-state index is 13.3. The molecule has 0 atom stereocenters. The number of nitrogens with one attached hydrogen (secondary N) is 1. The molecule has 33 heavy (non-hydrogen) atoms. The molecule has 0 saturated carbocycles. The van der Waals surface area contributed by atoms with Crippen molar-refractivity contribution in [3.05, 3.63) is 107 Å². The second kappa shape index (κ2) is 10.1. The van der Waals surface area contributed by atoms with Crippen LogP contribution in [0.2, 0.25) is 0 Å². The van der Waals surface area contributed by atoms with Crippen molar-refractivity contribution in [1.82, 2.24) is 20.1 Å². The van der Waals surface area contributed by atoms with Gasteiger partial charge in [0.15, 0.2) is 5.82 Å². The second-order valence-electron chi connectivity index (χ2n) is 7.94. The summed E-state index contributed by atoms with van der Waals surface area (Å²) in [6, 6.07) is 19.4. The maximum Gasteiger partial charge on any atom is 0.255 e. The highest BCUT2D eigenvalue weighted by molar-refractivity contribution is 5.95. The molecule has 7 heteroatoms. The Morgan fingerprint density at radius 2 is 1.88 bits per heavy atom. The first kappa shape index (κ1) is 22.2. The van der Waals surface area contributed by atoms with Crippen LogP contribution in [0.5, 0.6) is 5.75 Å². The maximum absolute atomic E-state index is 13.3. The van der Waals surface area contributed by atoms with Crippen molar-refractivity contribution in [1.29, 1.82) is 0 Å². The zero-order valence-electron chi connectivity index (χ0n) is 18.5. The highest BCUT2D eigenvalue weighted by Gasteiger charge is 2.21. The molecule has 4 rings (SSSR count). The minimum Gasteiger partial charge on any atom is -0.489 e. The van der Waals surface area contributed by atoms with Gasteiger partial charge in [0.05, 0.1) is 17.5 Å². The van der Waals surface area contributed by atoms with Gasteiger partial charge in [0.25, 0.3) is 5.91 Å². The summed E-state index contributed by atoms with van der Waals surface area (Å²) in [6.45, 7) is 4.70. The third-order valence-electron chi connectivity index (χ3n) is 5.14. The van der Waals surface area contributed by atoms with Gasteiger partial charge < -0.3 is 10.1 Å². The number of carbonyl (C=O) groups excluding carboxylic acids is 1. The number of nitrogens with zero attached hydrogens (tertiary/aromatic N) is 3. The largest absolute Gasteiger partial charge is 0.489 e. The molecule has 2 aromatic heterocycles. The van der Waals surface area contributed by atoms with Gasteiger partial charge in [0.1, 0.15) is 18.2 Å². The van der Waals surface area contributed by atoms with Crippen molar-refractivity contribution in [2.45, 2.75) is 32.9 Å². The summed E-state index contributed by atoms with van der Waals surface area (Å²) in [4.78, 5) is 17.2. The smallest absolute Gasteiger partial charge is 0.255 e. The summed E-state index contributed by atoms with van der Waals surface area (Å²) >= 11 is 0. The fraction of sp³-hybridized carbons (Fsp3) is 0.192. The molecule has 0 aliphatic heterocycles. The van der Waals surface area contributed by atoms with Gasteiger partial charge in [0, 0.05) is 12.7 Å². The van der Waals surface area contributed by atoms with Gasteiger partial charge in [-0.2, -0.15) is 5.10 Å². The predicted molar refractivity (Wildman–Crippen MR) is 124 cm³/mol. The fourth-order valence-corrected chi connectivity index (χ4v) is 3.52. The minimum atomic E-state index is -0.284. The quantitative estimate of drug-likeness (QED) is 0.413. The molecule has 0 unspecified atom stereocenters. The van der Waals surface area contributed by atoms with Crippen molar-refractivity contribution in [2.24, 2.45) is 0 Å². The van der Waals surface area contributed by atoms with E-state index in [9.17, 15) is 9.18 Å². The van der Waals surface area contributed by atoms with Crippen LogP contribution in [0, 0.1) is 5.82 Å². The number of ether oxygens (including phenoxy) is 1. The van der Waals surface area contributed by atoms with Gasteiger partial charge in [-0.1, -0.05) is 44.2 Å². The van der Waals surface area contributed by atoms with Crippen LogP contribution in [0.15, 0.2) is 79.1 Å². The van der Waals surface area contributed by atoms with Gasteiger partial charge in [-0.15, -0.1) is 0 Å². The second-order valence-corrected chi connectivity index (χ2v) is 7.94. The first-order chi connectivity index (χ1) is 16.0. The molecule has 6 nitrogen and oxygen atoms in total. The number of pyridine rings is 1. The standard InChI is InChI=1S/C26H25FN4O2/c1-18(2)25-23(16-30-31(25)24-8-3-4-13-28-24)26(32)29-15-19-9-11-22(12-10-19)33-17-20-6-5-7-21(27)14-20/h3-14,16,18H,15,17H2,1-2H3,(H,29,32). The van der Waals surface area contributed by atoms with E-state index in [1.54, 1.807) is 23.1 Å². The summed E-state index contributed by atoms with van der Waals surface area (Å²) in [5.74, 6) is 0.965. The highest BCUT2D eigenvalue weighted by Crippen LogP contribution is 2.22. The summed E-state index contributed by atoms with van der Waals surface area (Å²) in [5.41, 5.74) is 3.04. The number of hydrogen-bond acceptors (Lipinski definition) is 4. The SMILES string of the molecule is CC(C)c1c(C(=O)NCc2ccc(OCc3cccc(F)c3)cc2)cnn1-c1ccccn1. The molecule has 0 radical (unpaired) electrons. The molecule has 0 aliphatic rings. The fourth-order valence-electron chi connectivity index (χ4n) is 3.52. The van der Waals surface area contributed by atoms with Crippen LogP contribution < -0.4 is 10.1 Å². The van der Waals surface area contributed by atoms with Crippen LogP contribution in [0.3, 0.4) is 0 Å². The summed E-state index contributed by atoms with van der Waals surface area (Å²) in [6.07, 6.45) is 3.29. The Bertz CT molecular complexity index is 1220.